The average Bonchev–Trinajstić information content (AvgIpc) is 2.62. The number of nitrogens with two attached hydrogens (primary N) is 1. The smallest absolute Gasteiger partial charge is 0.241 e. The minimum Gasteiger partial charge on any atom is -0.368 e. The lowest BCUT2D eigenvalue weighted by molar-refractivity contribution is -0.123. The van der Waals surface area contributed by atoms with E-state index in [0.717, 1.165) is 17.6 Å². The topological polar surface area (TPSA) is 84.2 Å². The molecule has 1 aliphatic heterocycles. The van der Waals surface area contributed by atoms with E-state index in [2.05, 4.69) is 10.6 Å². The van der Waals surface area contributed by atoms with Gasteiger partial charge in [0.05, 0.1) is 6.04 Å². The summed E-state index contributed by atoms with van der Waals surface area (Å²) in [4.78, 5) is 23.1. The molecule has 2 atom stereocenters. The summed E-state index contributed by atoms with van der Waals surface area (Å²) in [6.07, 6.45) is 2.63. The Kier molecular flexibility index (Phi) is 4.53. The highest BCUT2D eigenvalue weighted by Crippen LogP contribution is 2.20. The van der Waals surface area contributed by atoms with Gasteiger partial charge in [0.1, 0.15) is 6.04 Å². The van der Waals surface area contributed by atoms with Crippen LogP contribution in [0.2, 0.25) is 0 Å². The molecule has 4 N–H and O–H groups in total. The molecule has 1 aromatic carbocycles. The first-order valence-corrected chi connectivity index (χ1v) is 6.67. The maximum Gasteiger partial charge on any atom is 0.241 e. The van der Waals surface area contributed by atoms with E-state index in [1.54, 1.807) is 6.92 Å². The second kappa shape index (κ2) is 6.34. The van der Waals surface area contributed by atoms with Crippen LogP contribution in [0, 0.1) is 0 Å². The van der Waals surface area contributed by atoms with Crippen molar-refractivity contribution < 1.29 is 9.59 Å². The van der Waals surface area contributed by atoms with Gasteiger partial charge in [-0.3, -0.25) is 14.9 Å². The molecule has 0 unspecified atom stereocenters. The summed E-state index contributed by atoms with van der Waals surface area (Å²) < 4.78 is 0. The molecule has 5 heteroatoms. The van der Waals surface area contributed by atoms with Gasteiger partial charge < -0.3 is 11.1 Å². The van der Waals surface area contributed by atoms with Crippen LogP contribution in [-0.2, 0) is 9.59 Å². The number of carbonyl (C=O) groups excluding carboxylic acids is 2. The van der Waals surface area contributed by atoms with Gasteiger partial charge in [-0.15, -0.1) is 0 Å². The van der Waals surface area contributed by atoms with Crippen LogP contribution in [0.1, 0.15) is 18.9 Å². The van der Waals surface area contributed by atoms with Gasteiger partial charge in [0.2, 0.25) is 11.8 Å². The molecule has 1 aliphatic rings. The quantitative estimate of drug-likeness (QED) is 0.743. The molecule has 0 saturated heterocycles. The summed E-state index contributed by atoms with van der Waals surface area (Å²) in [5.74, 6) is -0.610. The standard InChI is InChI=1S/C15H19N3O2/c1-10(14(16)19)18-13-9-12(7-8-17-15(13)20)11-5-3-2-4-6-11/h2-6,9-10,13,18H,7-8H2,1H3,(H2,16,19)(H,17,20)/t10-,13-/m0/s1. The maximum absolute atomic E-state index is 12.0. The molecule has 1 heterocycles. The van der Waals surface area contributed by atoms with Crippen molar-refractivity contribution in [1.29, 1.82) is 0 Å². The molecular formula is C15H19N3O2. The van der Waals surface area contributed by atoms with Crippen LogP contribution in [0.15, 0.2) is 36.4 Å². The van der Waals surface area contributed by atoms with E-state index in [9.17, 15) is 9.59 Å². The van der Waals surface area contributed by atoms with Crippen molar-refractivity contribution in [3.63, 3.8) is 0 Å². The lowest BCUT2D eigenvalue weighted by Crippen LogP contribution is -2.50. The van der Waals surface area contributed by atoms with Gasteiger partial charge >= 0.3 is 0 Å². The molecule has 0 fully saturated rings. The van der Waals surface area contributed by atoms with Crippen molar-refractivity contribution >= 4 is 17.4 Å². The van der Waals surface area contributed by atoms with Crippen molar-refractivity contribution in [2.75, 3.05) is 6.54 Å². The largest absolute Gasteiger partial charge is 0.368 e. The SMILES string of the molecule is C[C@H](N[C@H]1C=C(c2ccccc2)CCNC1=O)C(N)=O. The van der Waals surface area contributed by atoms with Crippen LogP contribution < -0.4 is 16.4 Å². The summed E-state index contributed by atoms with van der Waals surface area (Å²) >= 11 is 0. The van der Waals surface area contributed by atoms with Crippen molar-refractivity contribution in [3.05, 3.63) is 42.0 Å². The van der Waals surface area contributed by atoms with Crippen molar-refractivity contribution in [2.24, 2.45) is 5.73 Å². The molecular weight excluding hydrogens is 254 g/mol. The third-order valence-electron chi connectivity index (χ3n) is 3.34. The highest BCUT2D eigenvalue weighted by molar-refractivity contribution is 5.89. The third-order valence-corrected chi connectivity index (χ3v) is 3.34. The number of rotatable bonds is 4. The molecule has 1 aromatic rings. The summed E-state index contributed by atoms with van der Waals surface area (Å²) in [5, 5.41) is 5.78. The number of benzene rings is 1. The third kappa shape index (κ3) is 3.45. The van der Waals surface area contributed by atoms with E-state index in [1.165, 1.54) is 0 Å². The molecule has 2 rings (SSSR count). The van der Waals surface area contributed by atoms with Crippen molar-refractivity contribution in [1.82, 2.24) is 10.6 Å². The lowest BCUT2D eigenvalue weighted by atomic mass is 10.0. The zero-order chi connectivity index (χ0) is 14.5. The van der Waals surface area contributed by atoms with Crippen LogP contribution in [0.3, 0.4) is 0 Å². The first-order chi connectivity index (χ1) is 9.58. The Labute approximate surface area is 118 Å². The molecule has 0 aliphatic carbocycles. The Morgan fingerprint density at radius 2 is 2.10 bits per heavy atom. The van der Waals surface area contributed by atoms with E-state index in [4.69, 9.17) is 5.73 Å². The molecule has 0 saturated carbocycles. The zero-order valence-electron chi connectivity index (χ0n) is 11.4. The summed E-state index contributed by atoms with van der Waals surface area (Å²) in [7, 11) is 0. The van der Waals surface area contributed by atoms with Gasteiger partial charge in [0.25, 0.3) is 0 Å². The number of carbonyl (C=O) groups is 2. The molecule has 106 valence electrons. The fourth-order valence-electron chi connectivity index (χ4n) is 2.16. The zero-order valence-corrected chi connectivity index (χ0v) is 11.4. The minimum atomic E-state index is -0.558. The predicted molar refractivity (Wildman–Crippen MR) is 77.6 cm³/mol. The first-order valence-electron chi connectivity index (χ1n) is 6.67. The van der Waals surface area contributed by atoms with E-state index in [1.807, 2.05) is 36.4 Å². The Morgan fingerprint density at radius 1 is 1.40 bits per heavy atom. The Bertz CT molecular complexity index is 525. The predicted octanol–water partition coefficient (Wildman–Crippen LogP) is 0.422. The fraction of sp³-hybridized carbons (Fsp3) is 0.333. The number of nitrogens with one attached hydrogen (secondary N) is 2. The van der Waals surface area contributed by atoms with Gasteiger partial charge in [-0.1, -0.05) is 36.4 Å². The summed E-state index contributed by atoms with van der Waals surface area (Å²) in [5.41, 5.74) is 7.40. The first kappa shape index (κ1) is 14.3. The monoisotopic (exact) mass is 273 g/mol. The fourth-order valence-corrected chi connectivity index (χ4v) is 2.16. The van der Waals surface area contributed by atoms with Gasteiger partial charge in [0.15, 0.2) is 0 Å². The number of amides is 2. The van der Waals surface area contributed by atoms with Gasteiger partial charge in [0, 0.05) is 6.54 Å². The normalized spacial score (nSPS) is 20.6. The number of hydrogen-bond donors (Lipinski definition) is 3. The summed E-state index contributed by atoms with van der Waals surface area (Å²) in [6.45, 7) is 2.24. The lowest BCUT2D eigenvalue weighted by Gasteiger charge is -2.17. The van der Waals surface area contributed by atoms with Crippen molar-refractivity contribution in [3.8, 4) is 0 Å². The maximum atomic E-state index is 12.0. The van der Waals surface area contributed by atoms with E-state index < -0.39 is 18.0 Å². The van der Waals surface area contributed by atoms with Crippen LogP contribution in [0.25, 0.3) is 5.57 Å². The van der Waals surface area contributed by atoms with Crippen LogP contribution in [0.5, 0.6) is 0 Å². The van der Waals surface area contributed by atoms with Crippen molar-refractivity contribution in [2.45, 2.75) is 25.4 Å². The Balaban J connectivity index is 2.23. The van der Waals surface area contributed by atoms with Crippen LogP contribution in [-0.4, -0.2) is 30.4 Å². The molecule has 0 bridgehead atoms. The van der Waals surface area contributed by atoms with Gasteiger partial charge in [-0.25, -0.2) is 0 Å². The van der Waals surface area contributed by atoms with Gasteiger partial charge in [-0.2, -0.15) is 0 Å². The molecule has 0 aromatic heterocycles. The highest BCUT2D eigenvalue weighted by atomic mass is 16.2. The number of hydrogen-bond acceptors (Lipinski definition) is 3. The minimum absolute atomic E-state index is 0.135. The number of primary amides is 1. The molecule has 0 spiro atoms. The molecule has 5 nitrogen and oxygen atoms in total. The van der Waals surface area contributed by atoms with Crippen LogP contribution >= 0.6 is 0 Å². The second-order valence-corrected chi connectivity index (χ2v) is 4.87. The Morgan fingerprint density at radius 3 is 2.75 bits per heavy atom. The molecule has 20 heavy (non-hydrogen) atoms. The molecule has 0 radical (unpaired) electrons. The van der Waals surface area contributed by atoms with E-state index in [0.29, 0.717) is 6.54 Å². The van der Waals surface area contributed by atoms with E-state index in [-0.39, 0.29) is 5.91 Å². The molecule has 2 amide bonds. The Hall–Kier alpha value is -2.14. The van der Waals surface area contributed by atoms with Crippen LogP contribution in [0.4, 0.5) is 0 Å². The van der Waals surface area contributed by atoms with E-state index >= 15 is 0 Å². The second-order valence-electron chi connectivity index (χ2n) is 4.87. The summed E-state index contributed by atoms with van der Waals surface area (Å²) in [6, 6.07) is 8.80. The van der Waals surface area contributed by atoms with Gasteiger partial charge in [-0.05, 0) is 24.5 Å². The highest BCUT2D eigenvalue weighted by Gasteiger charge is 2.23. The average molecular weight is 273 g/mol.